The molecule has 1 atom stereocenters. The zero-order valence-electron chi connectivity index (χ0n) is 8.91. The number of methoxy groups -OCH3 is 1. The number of carboxylic acid groups (broad SMARTS) is 1. The number of ether oxygens (including phenoxy) is 1. The number of halogens is 2. The molecule has 0 fully saturated rings. The Morgan fingerprint density at radius 2 is 2.29 bits per heavy atom. The van der Waals surface area contributed by atoms with Gasteiger partial charge in [-0.3, -0.25) is 4.79 Å². The number of carbonyl (C=O) groups is 1. The third-order valence-corrected chi connectivity index (χ3v) is 2.56. The van der Waals surface area contributed by atoms with Gasteiger partial charge in [0.05, 0.1) is 18.6 Å². The molecule has 1 aromatic carbocycles. The zero-order chi connectivity index (χ0) is 13.2. The average Bonchev–Trinajstić information content (AvgIpc) is 2.22. The van der Waals surface area contributed by atoms with E-state index in [1.54, 1.807) is 0 Å². The van der Waals surface area contributed by atoms with Crippen molar-refractivity contribution < 1.29 is 24.1 Å². The van der Waals surface area contributed by atoms with E-state index in [0.29, 0.717) is 0 Å². The van der Waals surface area contributed by atoms with E-state index in [9.17, 15) is 14.3 Å². The van der Waals surface area contributed by atoms with Crippen LogP contribution in [-0.4, -0.2) is 23.3 Å². The topological polar surface area (TPSA) is 92.8 Å². The van der Waals surface area contributed by atoms with E-state index in [4.69, 9.17) is 27.2 Å². The Bertz CT molecular complexity index is 452. The second kappa shape index (κ2) is 5.20. The number of aromatic hydroxyl groups is 1. The number of aliphatic carboxylic acids is 1. The molecule has 1 unspecified atom stereocenters. The Morgan fingerprint density at radius 1 is 1.71 bits per heavy atom. The van der Waals surface area contributed by atoms with Gasteiger partial charge in [-0.15, -0.1) is 0 Å². The summed E-state index contributed by atoms with van der Waals surface area (Å²) in [7, 11) is 1.23. The number of phenolic OH excluding ortho intramolecular Hbond substituents is 1. The minimum absolute atomic E-state index is 0.150. The molecule has 17 heavy (non-hydrogen) atoms. The highest BCUT2D eigenvalue weighted by Gasteiger charge is 2.23. The third-order valence-electron chi connectivity index (χ3n) is 2.18. The smallest absolute Gasteiger partial charge is 0.305 e. The van der Waals surface area contributed by atoms with Crippen LogP contribution in [0.4, 0.5) is 4.39 Å². The Labute approximate surface area is 102 Å². The fraction of sp³-hybridized carbons (Fsp3) is 0.300. The normalized spacial score (nSPS) is 12.2. The molecule has 0 aromatic heterocycles. The number of benzene rings is 1. The quantitative estimate of drug-likeness (QED) is 0.768. The van der Waals surface area contributed by atoms with Gasteiger partial charge < -0.3 is 20.7 Å². The Morgan fingerprint density at radius 3 is 2.76 bits per heavy atom. The molecule has 0 saturated heterocycles. The third kappa shape index (κ3) is 2.78. The van der Waals surface area contributed by atoms with Crippen LogP contribution in [0.1, 0.15) is 18.0 Å². The molecule has 0 aliphatic carbocycles. The first-order valence-corrected chi connectivity index (χ1v) is 4.98. The molecule has 94 valence electrons. The SMILES string of the molecule is COc1cc(F)c(Cl)c(C(N)CC(=O)O)c1O. The van der Waals surface area contributed by atoms with Gasteiger partial charge in [0, 0.05) is 17.7 Å². The molecule has 5 nitrogen and oxygen atoms in total. The lowest BCUT2D eigenvalue weighted by atomic mass is 10.0. The van der Waals surface area contributed by atoms with E-state index in [1.165, 1.54) is 7.11 Å². The fourth-order valence-corrected chi connectivity index (χ4v) is 1.68. The van der Waals surface area contributed by atoms with Crippen molar-refractivity contribution in [1.29, 1.82) is 0 Å². The maximum Gasteiger partial charge on any atom is 0.305 e. The first-order chi connectivity index (χ1) is 7.88. The van der Waals surface area contributed by atoms with Gasteiger partial charge in [-0.05, 0) is 0 Å². The van der Waals surface area contributed by atoms with Crippen LogP contribution in [0.3, 0.4) is 0 Å². The van der Waals surface area contributed by atoms with Crippen molar-refractivity contribution in [3.63, 3.8) is 0 Å². The molecule has 1 aromatic rings. The van der Waals surface area contributed by atoms with E-state index in [0.717, 1.165) is 6.07 Å². The molecule has 7 heteroatoms. The van der Waals surface area contributed by atoms with Crippen LogP contribution in [0.2, 0.25) is 5.02 Å². The van der Waals surface area contributed by atoms with Gasteiger partial charge >= 0.3 is 5.97 Å². The van der Waals surface area contributed by atoms with E-state index in [2.05, 4.69) is 0 Å². The summed E-state index contributed by atoms with van der Waals surface area (Å²) in [5, 5.41) is 17.9. The average molecular weight is 264 g/mol. The van der Waals surface area contributed by atoms with Crippen molar-refractivity contribution in [1.82, 2.24) is 0 Å². The second-order valence-corrected chi connectivity index (χ2v) is 3.72. The molecule has 0 bridgehead atoms. The maximum atomic E-state index is 13.4. The van der Waals surface area contributed by atoms with Crippen LogP contribution < -0.4 is 10.5 Å². The van der Waals surface area contributed by atoms with Gasteiger partial charge in [0.2, 0.25) is 0 Å². The molecule has 4 N–H and O–H groups in total. The van der Waals surface area contributed by atoms with Crippen LogP contribution in [-0.2, 0) is 4.79 Å². The van der Waals surface area contributed by atoms with E-state index < -0.39 is 35.0 Å². The standard InChI is InChI=1S/C10H11ClFNO4/c1-17-6-2-4(12)9(11)8(10(6)16)5(13)3-7(14)15/h2,5,16H,3,13H2,1H3,(H,14,15). The maximum absolute atomic E-state index is 13.4. The highest BCUT2D eigenvalue weighted by atomic mass is 35.5. The number of hydrogen-bond acceptors (Lipinski definition) is 4. The summed E-state index contributed by atoms with van der Waals surface area (Å²) in [6, 6.07) is -0.223. The summed E-state index contributed by atoms with van der Waals surface area (Å²) < 4.78 is 18.1. The predicted molar refractivity (Wildman–Crippen MR) is 58.8 cm³/mol. The lowest BCUT2D eigenvalue weighted by Crippen LogP contribution is -2.16. The van der Waals surface area contributed by atoms with Gasteiger partial charge in [0.1, 0.15) is 5.82 Å². The molecule has 0 aliphatic rings. The molecular weight excluding hydrogens is 253 g/mol. The van der Waals surface area contributed by atoms with Crippen molar-refractivity contribution in [2.45, 2.75) is 12.5 Å². The minimum atomic E-state index is -1.18. The zero-order valence-corrected chi connectivity index (χ0v) is 9.66. The largest absolute Gasteiger partial charge is 0.504 e. The minimum Gasteiger partial charge on any atom is -0.504 e. The molecule has 0 spiro atoms. The van der Waals surface area contributed by atoms with Crippen LogP contribution in [0.5, 0.6) is 11.5 Å². The van der Waals surface area contributed by atoms with Gasteiger partial charge in [-0.25, -0.2) is 4.39 Å². The number of rotatable bonds is 4. The molecule has 0 radical (unpaired) electrons. The second-order valence-electron chi connectivity index (χ2n) is 3.34. The molecule has 0 aliphatic heterocycles. The summed E-state index contributed by atoms with van der Waals surface area (Å²) in [6.45, 7) is 0. The number of nitrogens with two attached hydrogens (primary N) is 1. The lowest BCUT2D eigenvalue weighted by Gasteiger charge is -2.16. The van der Waals surface area contributed by atoms with Crippen LogP contribution >= 0.6 is 11.6 Å². The summed E-state index contributed by atoms with van der Waals surface area (Å²) in [4.78, 5) is 10.5. The van der Waals surface area contributed by atoms with Crippen LogP contribution in [0, 0.1) is 5.82 Å². The fourth-order valence-electron chi connectivity index (χ4n) is 1.40. The molecular formula is C10H11ClFNO4. The first kappa shape index (κ1) is 13.5. The summed E-state index contributed by atoms with van der Waals surface area (Å²) >= 11 is 5.64. The molecule has 0 saturated carbocycles. The molecule has 1 rings (SSSR count). The van der Waals surface area contributed by atoms with Crippen molar-refractivity contribution >= 4 is 17.6 Å². The molecule has 0 amide bonds. The Kier molecular flexibility index (Phi) is 4.14. The van der Waals surface area contributed by atoms with Crippen molar-refractivity contribution in [2.75, 3.05) is 7.11 Å². The van der Waals surface area contributed by atoms with E-state index in [1.807, 2.05) is 0 Å². The Balaban J connectivity index is 3.30. The van der Waals surface area contributed by atoms with Crippen LogP contribution in [0.15, 0.2) is 6.07 Å². The monoisotopic (exact) mass is 263 g/mol. The van der Waals surface area contributed by atoms with Gasteiger partial charge in [-0.1, -0.05) is 11.6 Å². The highest BCUT2D eigenvalue weighted by molar-refractivity contribution is 6.31. The van der Waals surface area contributed by atoms with Gasteiger partial charge in [-0.2, -0.15) is 0 Å². The molecule has 0 heterocycles. The highest BCUT2D eigenvalue weighted by Crippen LogP contribution is 2.40. The number of phenols is 1. The summed E-state index contributed by atoms with van der Waals surface area (Å²) in [6.07, 6.45) is -0.486. The summed E-state index contributed by atoms with van der Waals surface area (Å²) in [5.74, 6) is -2.62. The van der Waals surface area contributed by atoms with Crippen molar-refractivity contribution in [3.8, 4) is 11.5 Å². The first-order valence-electron chi connectivity index (χ1n) is 4.60. The van der Waals surface area contributed by atoms with Crippen molar-refractivity contribution in [3.05, 3.63) is 22.5 Å². The van der Waals surface area contributed by atoms with E-state index >= 15 is 0 Å². The van der Waals surface area contributed by atoms with E-state index in [-0.39, 0.29) is 11.3 Å². The van der Waals surface area contributed by atoms with Crippen molar-refractivity contribution in [2.24, 2.45) is 5.73 Å². The number of carboxylic acids is 1. The Hall–Kier alpha value is -1.53. The predicted octanol–water partition coefficient (Wildman–Crippen LogP) is 1.67. The lowest BCUT2D eigenvalue weighted by molar-refractivity contribution is -0.137. The van der Waals surface area contributed by atoms with Crippen LogP contribution in [0.25, 0.3) is 0 Å². The number of hydrogen-bond donors (Lipinski definition) is 3. The van der Waals surface area contributed by atoms with Gasteiger partial charge in [0.15, 0.2) is 11.5 Å². The van der Waals surface area contributed by atoms with Gasteiger partial charge in [0.25, 0.3) is 0 Å². The summed E-state index contributed by atoms with van der Waals surface area (Å²) in [5.41, 5.74) is 5.37.